The van der Waals surface area contributed by atoms with Gasteiger partial charge < -0.3 is 15.1 Å². The van der Waals surface area contributed by atoms with E-state index in [1.54, 1.807) is 4.68 Å². The minimum Gasteiger partial charge on any atom is -0.473 e. The maximum atomic E-state index is 9.10. The summed E-state index contributed by atoms with van der Waals surface area (Å²) in [5.41, 5.74) is 2.89. The molecule has 0 amide bonds. The molecule has 0 saturated carbocycles. The number of aryl methyl sites for hydroxylation is 1. The van der Waals surface area contributed by atoms with Crippen LogP contribution in [0.4, 0.5) is 0 Å². The first-order valence-electron chi connectivity index (χ1n) is 9.12. The summed E-state index contributed by atoms with van der Waals surface area (Å²) in [5.74, 6) is -3.65. The van der Waals surface area contributed by atoms with E-state index in [0.29, 0.717) is 21.7 Å². The normalized spacial score (nSPS) is 14.8. The van der Waals surface area contributed by atoms with E-state index in [9.17, 15) is 0 Å². The number of carboxylic acids is 2. The number of hydrogen-bond donors (Lipinski definition) is 2. The molecule has 1 aliphatic heterocycles. The van der Waals surface area contributed by atoms with Crippen LogP contribution in [0.15, 0.2) is 18.2 Å². The van der Waals surface area contributed by atoms with Crippen LogP contribution in [0, 0.1) is 6.92 Å². The average molecular weight is 478 g/mol. The molecule has 1 aliphatic rings. The first kappa shape index (κ1) is 24.4. The number of benzene rings is 1. The Morgan fingerprint density at radius 3 is 2.00 bits per heavy atom. The van der Waals surface area contributed by atoms with Crippen molar-refractivity contribution in [1.29, 1.82) is 0 Å². The van der Waals surface area contributed by atoms with Crippen molar-refractivity contribution in [3.8, 4) is 0 Å². The van der Waals surface area contributed by atoms with Crippen LogP contribution >= 0.6 is 34.8 Å². The van der Waals surface area contributed by atoms with Gasteiger partial charge in [-0.3, -0.25) is 4.90 Å². The van der Waals surface area contributed by atoms with Crippen molar-refractivity contribution >= 4 is 46.7 Å². The highest BCUT2D eigenvalue weighted by molar-refractivity contribution is 6.36. The Morgan fingerprint density at radius 2 is 1.50 bits per heavy atom. The molecule has 11 heteroatoms. The van der Waals surface area contributed by atoms with Crippen molar-refractivity contribution in [2.45, 2.75) is 20.0 Å². The summed E-state index contributed by atoms with van der Waals surface area (Å²) in [4.78, 5) is 23.0. The van der Waals surface area contributed by atoms with E-state index in [2.05, 4.69) is 21.9 Å². The Kier molecular flexibility index (Phi) is 8.93. The molecule has 1 saturated heterocycles. The smallest absolute Gasteiger partial charge is 0.414 e. The standard InChI is InChI=1S/C17H21Cl3N4.C2H2O4/c1-12-13(10-23-8-6-22(2)7-9-23)17(20)24(21-12)11-14-15(18)4-3-5-16(14)19;3-1(4)2(5)6/h3-5H,6-11H2,1-2H3;(H,3,4)(H,5,6). The van der Waals surface area contributed by atoms with Gasteiger partial charge in [0.1, 0.15) is 5.15 Å². The quantitative estimate of drug-likeness (QED) is 0.653. The molecule has 1 fully saturated rings. The molecule has 3 rings (SSSR count). The minimum atomic E-state index is -1.82. The zero-order valence-corrected chi connectivity index (χ0v) is 18.9. The summed E-state index contributed by atoms with van der Waals surface area (Å²) in [7, 11) is 2.15. The molecule has 0 aliphatic carbocycles. The van der Waals surface area contributed by atoms with Crippen molar-refractivity contribution < 1.29 is 19.8 Å². The van der Waals surface area contributed by atoms with Gasteiger partial charge in [-0.1, -0.05) is 40.9 Å². The maximum absolute atomic E-state index is 9.10. The Balaban J connectivity index is 0.000000469. The van der Waals surface area contributed by atoms with E-state index in [-0.39, 0.29) is 0 Å². The van der Waals surface area contributed by atoms with Crippen molar-refractivity contribution in [3.05, 3.63) is 50.2 Å². The molecule has 2 heterocycles. The fraction of sp³-hybridized carbons (Fsp3) is 0.421. The number of aromatic nitrogens is 2. The summed E-state index contributed by atoms with van der Waals surface area (Å²) in [5, 5.41) is 21.3. The van der Waals surface area contributed by atoms with Crippen LogP contribution in [-0.4, -0.2) is 75.0 Å². The number of aliphatic carboxylic acids is 2. The van der Waals surface area contributed by atoms with Gasteiger partial charge in [-0.05, 0) is 26.1 Å². The van der Waals surface area contributed by atoms with Gasteiger partial charge in [-0.25, -0.2) is 14.3 Å². The molecule has 0 bridgehead atoms. The molecule has 0 spiro atoms. The van der Waals surface area contributed by atoms with Crippen LogP contribution in [0.1, 0.15) is 16.8 Å². The molecule has 30 heavy (non-hydrogen) atoms. The molecular formula is C19H23Cl3N4O4. The fourth-order valence-electron chi connectivity index (χ4n) is 2.94. The summed E-state index contributed by atoms with van der Waals surface area (Å²) in [6, 6.07) is 5.50. The summed E-state index contributed by atoms with van der Waals surface area (Å²) in [6.07, 6.45) is 0. The summed E-state index contributed by atoms with van der Waals surface area (Å²) >= 11 is 19.1. The zero-order chi connectivity index (χ0) is 22.4. The highest BCUT2D eigenvalue weighted by Crippen LogP contribution is 2.28. The van der Waals surface area contributed by atoms with Gasteiger partial charge >= 0.3 is 11.9 Å². The minimum absolute atomic E-state index is 0.473. The van der Waals surface area contributed by atoms with Crippen LogP contribution < -0.4 is 0 Å². The third kappa shape index (κ3) is 6.58. The zero-order valence-electron chi connectivity index (χ0n) is 16.6. The predicted octanol–water partition coefficient (Wildman–Crippen LogP) is 3.10. The van der Waals surface area contributed by atoms with Crippen molar-refractivity contribution in [3.63, 3.8) is 0 Å². The molecule has 1 aromatic carbocycles. The highest BCUT2D eigenvalue weighted by Gasteiger charge is 2.20. The highest BCUT2D eigenvalue weighted by atomic mass is 35.5. The van der Waals surface area contributed by atoms with E-state index in [1.807, 2.05) is 25.1 Å². The molecule has 2 aromatic rings. The SMILES string of the molecule is Cc1nn(Cc2c(Cl)cccc2Cl)c(Cl)c1CN1CCN(C)CC1.O=C(O)C(=O)O. The van der Waals surface area contributed by atoms with Crippen LogP contribution in [0.2, 0.25) is 15.2 Å². The van der Waals surface area contributed by atoms with Gasteiger partial charge in [0.05, 0.1) is 12.2 Å². The number of likely N-dealkylation sites (N-methyl/N-ethyl adjacent to an activating group) is 1. The topological polar surface area (TPSA) is 98.9 Å². The van der Waals surface area contributed by atoms with Crippen molar-refractivity contribution in [1.82, 2.24) is 19.6 Å². The lowest BCUT2D eigenvalue weighted by Gasteiger charge is -2.32. The number of rotatable bonds is 4. The number of carboxylic acid groups (broad SMARTS) is 2. The summed E-state index contributed by atoms with van der Waals surface area (Å²) < 4.78 is 1.79. The maximum Gasteiger partial charge on any atom is 0.414 e. The number of hydrogen-bond acceptors (Lipinski definition) is 5. The Hall–Kier alpha value is -1.84. The number of carbonyl (C=O) groups is 2. The van der Waals surface area contributed by atoms with Crippen LogP contribution in [-0.2, 0) is 22.7 Å². The first-order chi connectivity index (χ1) is 14.1. The predicted molar refractivity (Wildman–Crippen MR) is 116 cm³/mol. The van der Waals surface area contributed by atoms with Gasteiger partial charge in [0, 0.05) is 53.9 Å². The van der Waals surface area contributed by atoms with Gasteiger partial charge in [-0.2, -0.15) is 5.10 Å². The second-order valence-electron chi connectivity index (χ2n) is 6.90. The van der Waals surface area contributed by atoms with E-state index < -0.39 is 11.9 Å². The second-order valence-corrected chi connectivity index (χ2v) is 8.07. The Labute approximate surface area is 189 Å². The van der Waals surface area contributed by atoms with Crippen LogP contribution in [0.5, 0.6) is 0 Å². The second kappa shape index (κ2) is 11.0. The Bertz CT molecular complexity index is 879. The third-order valence-corrected chi connectivity index (χ3v) is 5.84. The van der Waals surface area contributed by atoms with E-state index >= 15 is 0 Å². The molecular weight excluding hydrogens is 455 g/mol. The van der Waals surface area contributed by atoms with Gasteiger partial charge in [0.15, 0.2) is 0 Å². The first-order valence-corrected chi connectivity index (χ1v) is 10.2. The van der Waals surface area contributed by atoms with Crippen molar-refractivity contribution in [2.75, 3.05) is 33.2 Å². The molecule has 8 nitrogen and oxygen atoms in total. The molecule has 2 N–H and O–H groups in total. The summed E-state index contributed by atoms with van der Waals surface area (Å²) in [6.45, 7) is 7.57. The molecule has 0 atom stereocenters. The van der Waals surface area contributed by atoms with Crippen molar-refractivity contribution in [2.24, 2.45) is 0 Å². The Morgan fingerprint density at radius 1 is 0.967 bits per heavy atom. The molecule has 0 unspecified atom stereocenters. The van der Waals surface area contributed by atoms with E-state index in [0.717, 1.165) is 49.5 Å². The lowest BCUT2D eigenvalue weighted by molar-refractivity contribution is -0.159. The van der Waals surface area contributed by atoms with Gasteiger partial charge in [-0.15, -0.1) is 0 Å². The lowest BCUT2D eigenvalue weighted by atomic mass is 10.2. The molecule has 164 valence electrons. The fourth-order valence-corrected chi connectivity index (χ4v) is 3.75. The number of halogens is 3. The monoisotopic (exact) mass is 476 g/mol. The van der Waals surface area contributed by atoms with Gasteiger partial charge in [0.25, 0.3) is 0 Å². The van der Waals surface area contributed by atoms with E-state index in [4.69, 9.17) is 54.6 Å². The van der Waals surface area contributed by atoms with Gasteiger partial charge in [0.2, 0.25) is 0 Å². The third-order valence-electron chi connectivity index (χ3n) is 4.71. The average Bonchev–Trinajstić information content (AvgIpc) is 2.94. The molecule has 1 aromatic heterocycles. The largest absolute Gasteiger partial charge is 0.473 e. The van der Waals surface area contributed by atoms with Crippen LogP contribution in [0.25, 0.3) is 0 Å². The number of nitrogens with zero attached hydrogens (tertiary/aromatic N) is 4. The number of piperazine rings is 1. The van der Waals surface area contributed by atoms with E-state index in [1.165, 1.54) is 0 Å². The lowest BCUT2D eigenvalue weighted by Crippen LogP contribution is -2.43. The van der Waals surface area contributed by atoms with Crippen LogP contribution in [0.3, 0.4) is 0 Å². The molecule has 0 radical (unpaired) electrons.